The molecular weight excluding hydrogens is 628 g/mol. The molecule has 4 atom stereocenters. The van der Waals surface area contributed by atoms with Gasteiger partial charge in [-0.05, 0) is 67.8 Å². The van der Waals surface area contributed by atoms with Crippen LogP contribution in [0.5, 0.6) is 0 Å². The molecule has 0 unspecified atom stereocenters. The van der Waals surface area contributed by atoms with Crippen LogP contribution in [0.25, 0.3) is 0 Å². The number of carbonyl (C=O) groups excluding carboxylic acids is 2. The number of unbranched alkanes of at least 4 members (excludes halogenated alkanes) is 3. The molecule has 0 aliphatic carbocycles. The maximum atomic E-state index is 12.7. The fraction of sp³-hybridized carbons (Fsp3) is 0.366. The summed E-state index contributed by atoms with van der Waals surface area (Å²) in [7, 11) is 2.12. The van der Waals surface area contributed by atoms with Crippen molar-refractivity contribution >= 4 is 28.9 Å². The van der Waals surface area contributed by atoms with Gasteiger partial charge >= 0.3 is 0 Å². The first-order chi connectivity index (χ1) is 24.3. The van der Waals surface area contributed by atoms with Gasteiger partial charge in [0.25, 0.3) is 0 Å². The van der Waals surface area contributed by atoms with Gasteiger partial charge in [0.15, 0.2) is 6.29 Å². The van der Waals surface area contributed by atoms with Gasteiger partial charge in [0, 0.05) is 43.1 Å². The fourth-order valence-electron chi connectivity index (χ4n) is 6.19. The lowest BCUT2D eigenvalue weighted by atomic mass is 9.99. The Bertz CT molecular complexity index is 1650. The maximum Gasteiger partial charge on any atom is 0.224 e. The molecule has 5 N–H and O–H groups in total. The van der Waals surface area contributed by atoms with Gasteiger partial charge in [-0.2, -0.15) is 0 Å². The van der Waals surface area contributed by atoms with Crippen LogP contribution in [0, 0.1) is 0 Å². The van der Waals surface area contributed by atoms with Crippen LogP contribution in [-0.4, -0.2) is 41.5 Å². The second kappa shape index (κ2) is 18.5. The number of para-hydroxylation sites is 2. The Kier molecular flexibility index (Phi) is 13.6. The number of nitrogens with one attached hydrogen (secondary N) is 2. The van der Waals surface area contributed by atoms with Gasteiger partial charge in [0.2, 0.25) is 11.8 Å². The van der Waals surface area contributed by atoms with Crippen molar-refractivity contribution in [3.8, 4) is 0 Å². The van der Waals surface area contributed by atoms with Gasteiger partial charge in [-0.25, -0.2) is 0 Å². The molecule has 0 saturated carbocycles. The van der Waals surface area contributed by atoms with Crippen molar-refractivity contribution in [2.24, 2.45) is 0 Å². The summed E-state index contributed by atoms with van der Waals surface area (Å²) < 4.78 is 13.1. The number of carbonyl (C=O) groups is 2. The minimum Gasteiger partial charge on any atom is -0.397 e. The Morgan fingerprint density at radius 3 is 2.08 bits per heavy atom. The number of hydrogen-bond acceptors (Lipinski definition) is 7. The molecule has 0 aromatic heterocycles. The van der Waals surface area contributed by atoms with E-state index in [-0.39, 0.29) is 36.7 Å². The molecule has 1 aliphatic heterocycles. The summed E-state index contributed by atoms with van der Waals surface area (Å²) in [6.45, 7) is 2.93. The summed E-state index contributed by atoms with van der Waals surface area (Å²) in [6.07, 6.45) is 3.94. The number of benzene rings is 4. The summed E-state index contributed by atoms with van der Waals surface area (Å²) in [5.74, 6) is -0.0944. The summed E-state index contributed by atoms with van der Waals surface area (Å²) in [4.78, 5) is 27.2. The van der Waals surface area contributed by atoms with Crippen LogP contribution in [0.2, 0.25) is 0 Å². The highest BCUT2D eigenvalue weighted by atomic mass is 16.7. The van der Waals surface area contributed by atoms with E-state index in [1.54, 1.807) is 12.1 Å². The first kappa shape index (κ1) is 36.7. The molecule has 264 valence electrons. The maximum absolute atomic E-state index is 12.7. The summed E-state index contributed by atoms with van der Waals surface area (Å²) >= 11 is 0. The average molecular weight is 679 g/mol. The van der Waals surface area contributed by atoms with Crippen LogP contribution in [0.1, 0.15) is 92.6 Å². The largest absolute Gasteiger partial charge is 0.397 e. The molecule has 4 aromatic rings. The van der Waals surface area contributed by atoms with E-state index in [4.69, 9.17) is 15.2 Å². The Balaban J connectivity index is 1.11. The van der Waals surface area contributed by atoms with Crippen LogP contribution < -0.4 is 16.4 Å². The predicted octanol–water partition coefficient (Wildman–Crippen LogP) is 7.92. The zero-order chi connectivity index (χ0) is 35.3. The van der Waals surface area contributed by atoms with Gasteiger partial charge in [0.05, 0.1) is 30.2 Å². The summed E-state index contributed by atoms with van der Waals surface area (Å²) in [5.41, 5.74) is 11.8. The Morgan fingerprint density at radius 2 is 1.42 bits per heavy atom. The van der Waals surface area contributed by atoms with Crippen LogP contribution in [0.3, 0.4) is 0 Å². The Morgan fingerprint density at radius 1 is 0.800 bits per heavy atom. The topological polar surface area (TPSA) is 126 Å². The standard InChI is InChI=1S/C41H50N4O5/c1-29(31-12-6-5-7-13-31)45(2)27-35-26-38(32-20-18-30(28-46)19-21-32)50-41(49-35)33-22-24-34(25-23-33)43-39(47)16-8-3-4-9-17-40(48)44-37-15-11-10-14-36(37)42/h5-7,10-15,18-25,29,35,38,41,46H,3-4,8-9,16-17,26-28,42H2,1-2H3,(H,43,47)(H,44,48)/t29-,35-,38+,41+/m0/s1. The van der Waals surface area contributed by atoms with E-state index in [1.807, 2.05) is 66.7 Å². The molecule has 9 heteroatoms. The van der Waals surface area contributed by atoms with E-state index < -0.39 is 6.29 Å². The zero-order valence-corrected chi connectivity index (χ0v) is 29.1. The number of nitrogens with two attached hydrogens (primary N) is 1. The van der Waals surface area contributed by atoms with Crippen molar-refractivity contribution in [3.05, 3.63) is 125 Å². The number of aliphatic hydroxyl groups is 1. The highest BCUT2D eigenvalue weighted by Crippen LogP contribution is 2.39. The number of nitrogens with zero attached hydrogens (tertiary/aromatic N) is 1. The van der Waals surface area contributed by atoms with E-state index in [1.165, 1.54) is 5.56 Å². The lowest BCUT2D eigenvalue weighted by molar-refractivity contribution is -0.253. The molecule has 50 heavy (non-hydrogen) atoms. The van der Waals surface area contributed by atoms with Crippen molar-refractivity contribution in [2.45, 2.75) is 83.0 Å². The number of aliphatic hydroxyl groups excluding tert-OH is 1. The van der Waals surface area contributed by atoms with Crippen molar-refractivity contribution in [2.75, 3.05) is 30.0 Å². The van der Waals surface area contributed by atoms with E-state index >= 15 is 0 Å². The third-order valence-electron chi connectivity index (χ3n) is 9.31. The quantitative estimate of drug-likeness (QED) is 0.0701. The smallest absolute Gasteiger partial charge is 0.224 e. The molecule has 1 fully saturated rings. The molecule has 9 nitrogen and oxygen atoms in total. The zero-order valence-electron chi connectivity index (χ0n) is 29.1. The van der Waals surface area contributed by atoms with Gasteiger partial charge < -0.3 is 30.9 Å². The summed E-state index contributed by atoms with van der Waals surface area (Å²) in [6, 6.07) is 33.4. The van der Waals surface area contributed by atoms with E-state index in [0.29, 0.717) is 30.6 Å². The monoisotopic (exact) mass is 678 g/mol. The average Bonchev–Trinajstić information content (AvgIpc) is 3.14. The van der Waals surface area contributed by atoms with E-state index in [0.717, 1.165) is 54.6 Å². The molecule has 1 aliphatic rings. The van der Waals surface area contributed by atoms with Gasteiger partial charge in [-0.15, -0.1) is 0 Å². The number of nitrogen functional groups attached to an aromatic ring is 1. The molecule has 5 rings (SSSR count). The second-order valence-electron chi connectivity index (χ2n) is 13.1. The van der Waals surface area contributed by atoms with Crippen molar-refractivity contribution in [3.63, 3.8) is 0 Å². The lowest BCUT2D eigenvalue weighted by Gasteiger charge is -2.39. The van der Waals surface area contributed by atoms with E-state index in [2.05, 4.69) is 53.8 Å². The highest BCUT2D eigenvalue weighted by molar-refractivity contribution is 5.93. The van der Waals surface area contributed by atoms with Gasteiger partial charge in [-0.3, -0.25) is 14.5 Å². The Hall–Kier alpha value is -4.54. The molecule has 0 spiro atoms. The minimum absolute atomic E-state index is 0.00255. The number of rotatable bonds is 16. The molecule has 0 bridgehead atoms. The number of anilines is 3. The molecule has 2 amide bonds. The molecule has 1 heterocycles. The number of amides is 2. The number of ether oxygens (including phenoxy) is 2. The third-order valence-corrected chi connectivity index (χ3v) is 9.31. The van der Waals surface area contributed by atoms with Crippen molar-refractivity contribution in [1.82, 2.24) is 4.90 Å². The van der Waals surface area contributed by atoms with Crippen molar-refractivity contribution < 1.29 is 24.2 Å². The lowest BCUT2D eigenvalue weighted by Crippen LogP contribution is -2.38. The second-order valence-corrected chi connectivity index (χ2v) is 13.1. The highest BCUT2D eigenvalue weighted by Gasteiger charge is 2.33. The predicted molar refractivity (Wildman–Crippen MR) is 198 cm³/mol. The van der Waals surface area contributed by atoms with Crippen molar-refractivity contribution in [1.29, 1.82) is 0 Å². The molecule has 1 saturated heterocycles. The van der Waals surface area contributed by atoms with Gasteiger partial charge in [0.1, 0.15) is 0 Å². The fourth-order valence-corrected chi connectivity index (χ4v) is 6.19. The SMILES string of the molecule is C[C@@H](c1ccccc1)N(C)C[C@@H]1C[C@H](c2ccc(CO)cc2)O[C@H](c2ccc(NC(=O)CCCCCCC(=O)Nc3ccccc3N)cc2)O1. The Labute approximate surface area is 295 Å². The molecule has 0 radical (unpaired) electrons. The molecule has 4 aromatic carbocycles. The third kappa shape index (κ3) is 10.7. The molecular formula is C41H50N4O5. The minimum atomic E-state index is -0.575. The van der Waals surface area contributed by atoms with Crippen LogP contribution in [0.4, 0.5) is 17.1 Å². The van der Waals surface area contributed by atoms with Crippen LogP contribution in [0.15, 0.2) is 103 Å². The van der Waals surface area contributed by atoms with E-state index in [9.17, 15) is 14.7 Å². The van der Waals surface area contributed by atoms with Crippen LogP contribution >= 0.6 is 0 Å². The first-order valence-electron chi connectivity index (χ1n) is 17.6. The van der Waals surface area contributed by atoms with Gasteiger partial charge in [-0.1, -0.05) is 91.7 Å². The number of likely N-dealkylation sites (N-methyl/N-ethyl adjacent to an activating group) is 1. The normalized spacial score (nSPS) is 18.0. The summed E-state index contributed by atoms with van der Waals surface area (Å²) in [5, 5.41) is 15.4. The number of hydrogen-bond donors (Lipinski definition) is 4. The first-order valence-corrected chi connectivity index (χ1v) is 17.6. The van der Waals surface area contributed by atoms with Crippen LogP contribution in [-0.2, 0) is 25.7 Å².